The Bertz CT molecular complexity index is 297. The number of rotatable bonds is 3. The molecule has 0 saturated heterocycles. The van der Waals surface area contributed by atoms with Crippen molar-refractivity contribution in [3.05, 3.63) is 21.9 Å². The summed E-state index contributed by atoms with van der Waals surface area (Å²) in [5.74, 6) is 0. The van der Waals surface area contributed by atoms with Gasteiger partial charge in [-0.2, -0.15) is 13.2 Å². The van der Waals surface area contributed by atoms with Gasteiger partial charge in [0.15, 0.2) is 0 Å². The van der Waals surface area contributed by atoms with Gasteiger partial charge >= 0.3 is 6.18 Å². The molecule has 3 N–H and O–H groups in total. The van der Waals surface area contributed by atoms with Crippen molar-refractivity contribution in [2.75, 3.05) is 6.54 Å². The lowest BCUT2D eigenvalue weighted by Crippen LogP contribution is -2.05. The second-order valence-corrected chi connectivity index (χ2v) is 3.91. The molecule has 0 aromatic carbocycles. The zero-order valence-corrected chi connectivity index (χ0v) is 8.03. The number of halogens is 3. The molecule has 80 valence electrons. The Morgan fingerprint density at radius 2 is 2.07 bits per heavy atom. The third kappa shape index (κ3) is 2.70. The summed E-state index contributed by atoms with van der Waals surface area (Å²) < 4.78 is 36.5. The first-order valence-corrected chi connectivity index (χ1v) is 4.82. The lowest BCUT2D eigenvalue weighted by Gasteiger charge is -2.05. The first-order chi connectivity index (χ1) is 6.45. The largest absolute Gasteiger partial charge is 0.425 e. The smallest absolute Gasteiger partial charge is 0.388 e. The van der Waals surface area contributed by atoms with Gasteiger partial charge in [-0.1, -0.05) is 0 Å². The van der Waals surface area contributed by atoms with Crippen LogP contribution >= 0.6 is 11.3 Å². The minimum absolute atomic E-state index is 0.250. The molecule has 0 bridgehead atoms. The SMILES string of the molecule is NCC[C@@H](O)c1ccc(C(F)(F)F)s1. The molecule has 2 nitrogen and oxygen atoms in total. The van der Waals surface area contributed by atoms with Crippen molar-refractivity contribution >= 4 is 11.3 Å². The Kier molecular flexibility index (Phi) is 3.52. The molecule has 0 aliphatic carbocycles. The van der Waals surface area contributed by atoms with E-state index in [0.717, 1.165) is 6.07 Å². The van der Waals surface area contributed by atoms with Crippen molar-refractivity contribution in [3.63, 3.8) is 0 Å². The standard InChI is InChI=1S/C8H10F3NOS/c9-8(10,11)7-2-1-6(14-7)5(13)3-4-12/h1-2,5,13H,3-4,12H2/t5-/m1/s1. The Labute approximate surface area is 83.2 Å². The predicted octanol–water partition coefficient (Wildman–Crippen LogP) is 2.15. The number of aliphatic hydroxyl groups excluding tert-OH is 1. The van der Waals surface area contributed by atoms with Gasteiger partial charge in [-0.05, 0) is 25.1 Å². The molecule has 1 aromatic rings. The third-order valence-corrected chi connectivity index (χ3v) is 2.91. The highest BCUT2D eigenvalue weighted by Gasteiger charge is 2.32. The summed E-state index contributed by atoms with van der Waals surface area (Å²) >= 11 is 0.557. The molecule has 0 amide bonds. The van der Waals surface area contributed by atoms with Crippen molar-refractivity contribution in [3.8, 4) is 0 Å². The van der Waals surface area contributed by atoms with Gasteiger partial charge in [0.25, 0.3) is 0 Å². The molecule has 0 fully saturated rings. The molecule has 1 heterocycles. The van der Waals surface area contributed by atoms with Crippen molar-refractivity contribution in [1.82, 2.24) is 0 Å². The zero-order valence-electron chi connectivity index (χ0n) is 7.21. The number of hydrogen-bond donors (Lipinski definition) is 2. The summed E-state index contributed by atoms with van der Waals surface area (Å²) in [7, 11) is 0. The zero-order chi connectivity index (χ0) is 10.8. The molecule has 0 radical (unpaired) electrons. The van der Waals surface area contributed by atoms with E-state index in [2.05, 4.69) is 0 Å². The minimum atomic E-state index is -4.33. The number of aliphatic hydroxyl groups is 1. The molecular weight excluding hydrogens is 215 g/mol. The predicted molar refractivity (Wildman–Crippen MR) is 48.0 cm³/mol. The molecule has 0 aliphatic rings. The number of alkyl halides is 3. The van der Waals surface area contributed by atoms with Crippen LogP contribution in [0.1, 0.15) is 22.3 Å². The first kappa shape index (κ1) is 11.5. The van der Waals surface area contributed by atoms with Gasteiger partial charge in [-0.3, -0.25) is 0 Å². The van der Waals surface area contributed by atoms with E-state index in [1.54, 1.807) is 0 Å². The molecule has 0 unspecified atom stereocenters. The summed E-state index contributed by atoms with van der Waals surface area (Å²) in [5, 5.41) is 9.36. The van der Waals surface area contributed by atoms with Crippen LogP contribution in [0.5, 0.6) is 0 Å². The van der Waals surface area contributed by atoms with Gasteiger partial charge in [0.05, 0.1) is 6.10 Å². The van der Waals surface area contributed by atoms with Crippen LogP contribution in [0.15, 0.2) is 12.1 Å². The van der Waals surface area contributed by atoms with Gasteiger partial charge in [-0.15, -0.1) is 11.3 Å². The maximum absolute atomic E-state index is 12.2. The minimum Gasteiger partial charge on any atom is -0.388 e. The fraction of sp³-hybridized carbons (Fsp3) is 0.500. The molecule has 1 rings (SSSR count). The molecule has 14 heavy (non-hydrogen) atoms. The summed E-state index contributed by atoms with van der Waals surface area (Å²) in [6, 6.07) is 2.26. The van der Waals surface area contributed by atoms with Gasteiger partial charge in [0.2, 0.25) is 0 Å². The van der Waals surface area contributed by atoms with Gasteiger partial charge in [0.1, 0.15) is 4.88 Å². The molecule has 6 heteroatoms. The molecule has 0 saturated carbocycles. The van der Waals surface area contributed by atoms with E-state index in [0.29, 0.717) is 16.2 Å². The van der Waals surface area contributed by atoms with Gasteiger partial charge in [0, 0.05) is 4.88 Å². The maximum atomic E-state index is 12.2. The molecule has 0 aliphatic heterocycles. The highest BCUT2D eigenvalue weighted by molar-refractivity contribution is 7.12. The van der Waals surface area contributed by atoms with Crippen molar-refractivity contribution in [2.45, 2.75) is 18.7 Å². The van der Waals surface area contributed by atoms with Crippen molar-refractivity contribution < 1.29 is 18.3 Å². The molecule has 1 atom stereocenters. The second kappa shape index (κ2) is 4.29. The van der Waals surface area contributed by atoms with E-state index in [1.807, 2.05) is 0 Å². The Morgan fingerprint density at radius 1 is 1.43 bits per heavy atom. The normalized spacial score (nSPS) is 14.4. The van der Waals surface area contributed by atoms with Crippen LogP contribution in [0.3, 0.4) is 0 Å². The summed E-state index contributed by atoms with van der Waals surface area (Å²) in [4.78, 5) is -0.383. The average molecular weight is 225 g/mol. The summed E-state index contributed by atoms with van der Waals surface area (Å²) in [6.07, 6.45) is -4.94. The van der Waals surface area contributed by atoms with E-state index in [1.165, 1.54) is 6.07 Å². The monoisotopic (exact) mass is 225 g/mol. The van der Waals surface area contributed by atoms with Gasteiger partial charge in [-0.25, -0.2) is 0 Å². The third-order valence-electron chi connectivity index (χ3n) is 1.67. The second-order valence-electron chi connectivity index (χ2n) is 2.79. The molecule has 1 aromatic heterocycles. The fourth-order valence-corrected chi connectivity index (χ4v) is 1.88. The van der Waals surface area contributed by atoms with Gasteiger partial charge < -0.3 is 10.8 Å². The maximum Gasteiger partial charge on any atom is 0.425 e. The van der Waals surface area contributed by atoms with Crippen LogP contribution in [0.25, 0.3) is 0 Å². The van der Waals surface area contributed by atoms with E-state index >= 15 is 0 Å². The average Bonchev–Trinajstić information content (AvgIpc) is 2.51. The van der Waals surface area contributed by atoms with Crippen LogP contribution in [0.2, 0.25) is 0 Å². The summed E-state index contributed by atoms with van der Waals surface area (Å²) in [6.45, 7) is 0.250. The lowest BCUT2D eigenvalue weighted by atomic mass is 10.2. The Hall–Kier alpha value is -0.590. The van der Waals surface area contributed by atoms with E-state index in [4.69, 9.17) is 5.73 Å². The first-order valence-electron chi connectivity index (χ1n) is 4.00. The van der Waals surface area contributed by atoms with E-state index < -0.39 is 17.2 Å². The van der Waals surface area contributed by atoms with Crippen LogP contribution in [-0.2, 0) is 6.18 Å². The molecular formula is C8H10F3NOS. The van der Waals surface area contributed by atoms with E-state index in [-0.39, 0.29) is 13.0 Å². The van der Waals surface area contributed by atoms with Crippen LogP contribution in [0, 0.1) is 0 Å². The number of nitrogens with two attached hydrogens (primary N) is 1. The Morgan fingerprint density at radius 3 is 2.50 bits per heavy atom. The number of hydrogen-bond acceptors (Lipinski definition) is 3. The highest BCUT2D eigenvalue weighted by atomic mass is 32.1. The Balaban J connectivity index is 2.78. The highest BCUT2D eigenvalue weighted by Crippen LogP contribution is 2.36. The molecule has 0 spiro atoms. The number of thiophene rings is 1. The quantitative estimate of drug-likeness (QED) is 0.828. The van der Waals surface area contributed by atoms with Crippen molar-refractivity contribution in [1.29, 1.82) is 0 Å². The van der Waals surface area contributed by atoms with E-state index in [9.17, 15) is 18.3 Å². The van der Waals surface area contributed by atoms with Crippen LogP contribution < -0.4 is 5.73 Å². The fourth-order valence-electron chi connectivity index (χ4n) is 0.984. The van der Waals surface area contributed by atoms with Crippen molar-refractivity contribution in [2.24, 2.45) is 5.73 Å². The van der Waals surface area contributed by atoms with Crippen LogP contribution in [0.4, 0.5) is 13.2 Å². The van der Waals surface area contributed by atoms with Crippen LogP contribution in [-0.4, -0.2) is 11.7 Å². The lowest BCUT2D eigenvalue weighted by molar-refractivity contribution is -0.134. The topological polar surface area (TPSA) is 46.2 Å². The summed E-state index contributed by atoms with van der Waals surface area (Å²) in [5.41, 5.74) is 5.18.